The first-order valence-electron chi connectivity index (χ1n) is 12.5. The molecule has 11 nitrogen and oxygen atoms in total. The van der Waals surface area contributed by atoms with E-state index in [9.17, 15) is 9.59 Å². The molecule has 1 saturated heterocycles. The van der Waals surface area contributed by atoms with Crippen LogP contribution in [0, 0.1) is 11.7 Å². The van der Waals surface area contributed by atoms with Crippen molar-refractivity contribution < 1.29 is 28.7 Å². The molecule has 0 aliphatic carbocycles. The number of aliphatic hydroxyl groups is 1. The third kappa shape index (κ3) is 6.28. The van der Waals surface area contributed by atoms with E-state index in [0.29, 0.717) is 54.2 Å². The number of esters is 1. The van der Waals surface area contributed by atoms with E-state index in [1.807, 2.05) is 0 Å². The lowest BCUT2D eigenvalue weighted by Gasteiger charge is -2.18. The summed E-state index contributed by atoms with van der Waals surface area (Å²) in [5, 5.41) is 20.8. The zero-order chi connectivity index (χ0) is 27.4. The summed E-state index contributed by atoms with van der Waals surface area (Å²) in [6.45, 7) is 4.42. The normalized spacial score (nSPS) is 18.6. The van der Waals surface area contributed by atoms with Crippen LogP contribution in [0.5, 0.6) is 0 Å². The second kappa shape index (κ2) is 11.4. The smallest absolute Gasteiger partial charge is 0.306 e. The second-order valence-electron chi connectivity index (χ2n) is 9.51. The SMILES string of the molecule is C=C(O)CCC(=O)OC[C@@H]1CC(c2ccc(-c3ccc(N4C[C@H](Cn5ccnn5)CC4=O)cc3F)cn2)=NO1. The number of nitrogens with zero attached hydrogens (tertiary/aromatic N) is 6. The second-order valence-corrected chi connectivity index (χ2v) is 9.51. The molecule has 0 radical (unpaired) electrons. The van der Waals surface area contributed by atoms with Crippen molar-refractivity contribution in [2.45, 2.75) is 38.3 Å². The molecule has 1 N–H and O–H groups in total. The minimum Gasteiger partial charge on any atom is -0.513 e. The Balaban J connectivity index is 1.17. The summed E-state index contributed by atoms with van der Waals surface area (Å²) in [6, 6.07) is 8.22. The van der Waals surface area contributed by atoms with Crippen LogP contribution in [-0.2, 0) is 25.7 Å². The van der Waals surface area contributed by atoms with Crippen LogP contribution >= 0.6 is 0 Å². The Labute approximate surface area is 223 Å². The predicted octanol–water partition coefficient (Wildman–Crippen LogP) is 3.42. The molecule has 2 aliphatic heterocycles. The molecule has 39 heavy (non-hydrogen) atoms. The quantitative estimate of drug-likeness (QED) is 0.309. The van der Waals surface area contributed by atoms with Gasteiger partial charge in [-0.1, -0.05) is 23.0 Å². The molecule has 2 aromatic heterocycles. The minimum atomic E-state index is -0.460. The van der Waals surface area contributed by atoms with Gasteiger partial charge in [0.25, 0.3) is 0 Å². The average molecular weight is 535 g/mol. The number of hydrogen-bond acceptors (Lipinski definition) is 9. The van der Waals surface area contributed by atoms with Crippen molar-refractivity contribution in [1.29, 1.82) is 0 Å². The van der Waals surface area contributed by atoms with Crippen LogP contribution in [0.4, 0.5) is 10.1 Å². The molecule has 5 rings (SSSR count). The Bertz CT molecular complexity index is 1390. The van der Waals surface area contributed by atoms with Gasteiger partial charge in [-0.15, -0.1) is 5.10 Å². The van der Waals surface area contributed by atoms with Gasteiger partial charge in [-0.3, -0.25) is 19.3 Å². The zero-order valence-corrected chi connectivity index (χ0v) is 21.1. The van der Waals surface area contributed by atoms with E-state index in [2.05, 4.69) is 27.0 Å². The predicted molar refractivity (Wildman–Crippen MR) is 138 cm³/mol. The van der Waals surface area contributed by atoms with Crippen molar-refractivity contribution >= 4 is 23.3 Å². The van der Waals surface area contributed by atoms with Gasteiger partial charge < -0.3 is 19.6 Å². The maximum absolute atomic E-state index is 15.1. The lowest BCUT2D eigenvalue weighted by Crippen LogP contribution is -2.25. The zero-order valence-electron chi connectivity index (χ0n) is 21.1. The number of rotatable bonds is 10. The van der Waals surface area contributed by atoms with Gasteiger partial charge in [0.2, 0.25) is 5.91 Å². The topological polar surface area (TPSA) is 132 Å². The Morgan fingerprint density at radius 2 is 2.10 bits per heavy atom. The molecule has 202 valence electrons. The van der Waals surface area contributed by atoms with Gasteiger partial charge in [-0.2, -0.15) is 0 Å². The molecule has 0 unspecified atom stereocenters. The van der Waals surface area contributed by atoms with E-state index in [1.165, 1.54) is 6.07 Å². The number of amides is 1. The number of aliphatic hydroxyl groups excluding tert-OH is 1. The third-order valence-corrected chi connectivity index (χ3v) is 6.54. The van der Waals surface area contributed by atoms with Gasteiger partial charge >= 0.3 is 5.97 Å². The van der Waals surface area contributed by atoms with Gasteiger partial charge in [0.15, 0.2) is 6.10 Å². The number of ether oxygens (including phenoxy) is 1. The van der Waals surface area contributed by atoms with E-state index in [-0.39, 0.29) is 37.0 Å². The number of pyridine rings is 1. The van der Waals surface area contributed by atoms with Gasteiger partial charge in [0, 0.05) is 67.5 Å². The molecule has 1 fully saturated rings. The van der Waals surface area contributed by atoms with E-state index in [0.717, 1.165) is 0 Å². The van der Waals surface area contributed by atoms with Gasteiger partial charge in [-0.05, 0) is 24.3 Å². The fourth-order valence-electron chi connectivity index (χ4n) is 4.55. The van der Waals surface area contributed by atoms with E-state index in [1.54, 1.807) is 52.4 Å². The first-order valence-corrected chi connectivity index (χ1v) is 12.5. The molecule has 0 bridgehead atoms. The highest BCUT2D eigenvalue weighted by Gasteiger charge is 2.31. The van der Waals surface area contributed by atoms with Gasteiger partial charge in [0.1, 0.15) is 18.1 Å². The number of benzene rings is 1. The third-order valence-electron chi connectivity index (χ3n) is 6.54. The lowest BCUT2D eigenvalue weighted by atomic mass is 10.0. The number of oxime groups is 1. The number of halogens is 1. The summed E-state index contributed by atoms with van der Waals surface area (Å²) in [5.41, 5.74) is 2.62. The molecule has 2 atom stereocenters. The highest BCUT2D eigenvalue weighted by molar-refractivity contribution is 6.00. The molecular formula is C27H27FN6O5. The first-order chi connectivity index (χ1) is 18.9. The average Bonchev–Trinajstić information content (AvgIpc) is 3.68. The van der Waals surface area contributed by atoms with Crippen LogP contribution in [0.1, 0.15) is 31.4 Å². The summed E-state index contributed by atoms with van der Waals surface area (Å²) >= 11 is 0. The molecular weight excluding hydrogens is 507 g/mol. The molecule has 4 heterocycles. The number of carbonyl (C=O) groups is 2. The molecule has 0 saturated carbocycles. The van der Waals surface area contributed by atoms with Crippen LogP contribution in [0.25, 0.3) is 11.1 Å². The maximum atomic E-state index is 15.1. The van der Waals surface area contributed by atoms with Crippen LogP contribution < -0.4 is 4.90 Å². The van der Waals surface area contributed by atoms with Crippen LogP contribution in [0.15, 0.2) is 66.4 Å². The summed E-state index contributed by atoms with van der Waals surface area (Å²) in [4.78, 5) is 35.6. The first kappa shape index (κ1) is 26.0. The highest BCUT2D eigenvalue weighted by atomic mass is 19.1. The summed E-state index contributed by atoms with van der Waals surface area (Å²) in [5.74, 6) is -0.974. The standard InChI is InChI=1S/C27H27FN6O5/c1-17(35)2-7-27(37)38-16-21-12-25(31-39-21)24-6-3-19(13-29-24)22-5-4-20(11-23(22)28)34-15-18(10-26(34)36)14-33-9-8-30-32-33/h3-6,8-9,11,13,18,21,35H,1-2,7,10,12,14-16H2/t18-,21-/m0/s1. The van der Waals surface area contributed by atoms with Crippen molar-refractivity contribution in [2.75, 3.05) is 18.1 Å². The number of aromatic nitrogens is 4. The number of carbonyl (C=O) groups excluding carboxylic acids is 2. The molecule has 1 aromatic carbocycles. The summed E-state index contributed by atoms with van der Waals surface area (Å²) < 4.78 is 22.0. The molecule has 2 aliphatic rings. The number of hydrogen-bond donors (Lipinski definition) is 1. The molecule has 3 aromatic rings. The van der Waals surface area contributed by atoms with Crippen molar-refractivity contribution in [1.82, 2.24) is 20.0 Å². The fraction of sp³-hybridized carbons (Fsp3) is 0.333. The Kier molecular flexibility index (Phi) is 7.62. The van der Waals surface area contributed by atoms with Crippen molar-refractivity contribution in [3.05, 3.63) is 72.8 Å². The summed E-state index contributed by atoms with van der Waals surface area (Å²) in [7, 11) is 0. The van der Waals surface area contributed by atoms with Gasteiger partial charge in [0.05, 0.1) is 24.1 Å². The number of anilines is 1. The van der Waals surface area contributed by atoms with E-state index in [4.69, 9.17) is 14.7 Å². The van der Waals surface area contributed by atoms with Crippen LogP contribution in [-0.4, -0.2) is 61.9 Å². The molecule has 1 amide bonds. The van der Waals surface area contributed by atoms with Crippen molar-refractivity contribution in [3.8, 4) is 11.1 Å². The van der Waals surface area contributed by atoms with Gasteiger partial charge in [-0.25, -0.2) is 4.39 Å². The Hall–Kier alpha value is -4.61. The monoisotopic (exact) mass is 534 g/mol. The van der Waals surface area contributed by atoms with E-state index >= 15 is 4.39 Å². The highest BCUT2D eigenvalue weighted by Crippen LogP contribution is 2.31. The molecule has 0 spiro atoms. The maximum Gasteiger partial charge on any atom is 0.306 e. The minimum absolute atomic E-state index is 0.0279. The van der Waals surface area contributed by atoms with Crippen LogP contribution in [0.2, 0.25) is 0 Å². The fourth-order valence-corrected chi connectivity index (χ4v) is 4.55. The number of allylic oxidation sites excluding steroid dienone is 1. The van der Waals surface area contributed by atoms with Crippen LogP contribution in [0.3, 0.4) is 0 Å². The Morgan fingerprint density at radius 3 is 2.82 bits per heavy atom. The molecule has 12 heteroatoms. The largest absolute Gasteiger partial charge is 0.513 e. The summed E-state index contributed by atoms with van der Waals surface area (Å²) in [6.07, 6.45) is 5.42. The van der Waals surface area contributed by atoms with E-state index < -0.39 is 17.9 Å². The van der Waals surface area contributed by atoms with Crippen molar-refractivity contribution in [2.24, 2.45) is 11.1 Å². The van der Waals surface area contributed by atoms with Crippen molar-refractivity contribution in [3.63, 3.8) is 0 Å². The lowest BCUT2D eigenvalue weighted by molar-refractivity contribution is -0.147. The Morgan fingerprint density at radius 1 is 1.23 bits per heavy atom.